The van der Waals surface area contributed by atoms with Gasteiger partial charge in [0.15, 0.2) is 5.65 Å². The minimum Gasteiger partial charge on any atom is -0.312 e. The summed E-state index contributed by atoms with van der Waals surface area (Å²) in [6.45, 7) is 0. The zero-order valence-electron chi connectivity index (χ0n) is 11.1. The van der Waals surface area contributed by atoms with E-state index in [1.165, 1.54) is 41.6 Å². The Morgan fingerprint density at radius 2 is 2.10 bits per heavy atom. The number of nitrogens with zero attached hydrogens (tertiary/aromatic N) is 4. The molecule has 0 atom stereocenters. The topological polar surface area (TPSA) is 75.9 Å². The van der Waals surface area contributed by atoms with E-state index >= 15 is 0 Å². The van der Waals surface area contributed by atoms with Gasteiger partial charge in [0.2, 0.25) is 0 Å². The molecule has 1 aliphatic rings. The van der Waals surface area contributed by atoms with E-state index in [1.807, 2.05) is 4.40 Å². The third-order valence-electron chi connectivity index (χ3n) is 4.27. The molecule has 4 aromatic heterocycles. The molecular weight excluding hydrogens is 286 g/mol. The van der Waals surface area contributed by atoms with Crippen molar-refractivity contribution in [2.75, 3.05) is 0 Å². The second kappa shape index (κ2) is 3.88. The van der Waals surface area contributed by atoms with E-state index in [9.17, 15) is 4.79 Å². The van der Waals surface area contributed by atoms with E-state index in [2.05, 4.69) is 20.2 Å². The van der Waals surface area contributed by atoms with Crippen molar-refractivity contribution in [2.45, 2.75) is 25.7 Å². The van der Waals surface area contributed by atoms with Gasteiger partial charge in [-0.2, -0.15) is 0 Å². The fourth-order valence-electron chi connectivity index (χ4n) is 3.37. The van der Waals surface area contributed by atoms with Gasteiger partial charge in [-0.05, 0) is 31.2 Å². The number of hydrogen-bond donors (Lipinski definition) is 1. The van der Waals surface area contributed by atoms with Crippen LogP contribution < -0.4 is 5.56 Å². The van der Waals surface area contributed by atoms with Crippen LogP contribution in [-0.4, -0.2) is 24.6 Å². The highest BCUT2D eigenvalue weighted by Gasteiger charge is 2.23. The summed E-state index contributed by atoms with van der Waals surface area (Å²) in [6.07, 6.45) is 7.62. The second-order valence-corrected chi connectivity index (χ2v) is 6.38. The van der Waals surface area contributed by atoms with Crippen molar-refractivity contribution in [2.24, 2.45) is 0 Å². The fraction of sp³-hybridized carbons (Fsp3) is 0.286. The molecule has 5 rings (SSSR count). The fourth-order valence-corrected chi connectivity index (χ4v) is 4.52. The lowest BCUT2D eigenvalue weighted by molar-refractivity contribution is 0.690. The van der Waals surface area contributed by atoms with Crippen LogP contribution in [0, 0.1) is 0 Å². The van der Waals surface area contributed by atoms with E-state index in [0.29, 0.717) is 4.70 Å². The maximum Gasteiger partial charge on any atom is 0.268 e. The Labute approximate surface area is 122 Å². The van der Waals surface area contributed by atoms with E-state index in [0.717, 1.165) is 34.2 Å². The van der Waals surface area contributed by atoms with Crippen LogP contribution in [0.1, 0.15) is 24.0 Å². The maximum atomic E-state index is 12.1. The average molecular weight is 297 g/mol. The van der Waals surface area contributed by atoms with Crippen molar-refractivity contribution in [1.29, 1.82) is 0 Å². The Hall–Kier alpha value is -2.28. The van der Waals surface area contributed by atoms with Gasteiger partial charge in [0, 0.05) is 10.9 Å². The number of thiophene rings is 1. The van der Waals surface area contributed by atoms with Crippen LogP contribution >= 0.6 is 11.3 Å². The summed E-state index contributed by atoms with van der Waals surface area (Å²) in [6, 6.07) is 0. The molecule has 6 nitrogen and oxygen atoms in total. The first kappa shape index (κ1) is 11.4. The Morgan fingerprint density at radius 3 is 3.00 bits per heavy atom. The van der Waals surface area contributed by atoms with Gasteiger partial charge in [-0.15, -0.1) is 21.5 Å². The van der Waals surface area contributed by atoms with Crippen LogP contribution in [0.25, 0.3) is 26.1 Å². The quantitative estimate of drug-likeness (QED) is 0.539. The molecule has 0 aromatic carbocycles. The molecule has 0 saturated heterocycles. The molecule has 0 aliphatic heterocycles. The summed E-state index contributed by atoms with van der Waals surface area (Å²) in [5.74, 6) is 0. The number of pyridine rings is 1. The summed E-state index contributed by atoms with van der Waals surface area (Å²) in [4.78, 5) is 20.2. The number of hydrogen-bond acceptors (Lipinski definition) is 5. The van der Waals surface area contributed by atoms with E-state index in [1.54, 1.807) is 6.33 Å². The smallest absolute Gasteiger partial charge is 0.268 e. The van der Waals surface area contributed by atoms with Crippen molar-refractivity contribution in [3.8, 4) is 0 Å². The average Bonchev–Trinajstić information content (AvgIpc) is 3.12. The third kappa shape index (κ3) is 1.36. The predicted molar refractivity (Wildman–Crippen MR) is 80.9 cm³/mol. The SMILES string of the molecule is O=c1[nH]cnc2c1sc1c2c2c(c3nncn31)CCCC2. The number of H-pyrrole nitrogens is 1. The molecule has 1 aliphatic carbocycles. The molecular formula is C14H11N5OS. The van der Waals surface area contributed by atoms with Crippen molar-refractivity contribution in [1.82, 2.24) is 24.6 Å². The first-order valence-corrected chi connectivity index (χ1v) is 7.79. The third-order valence-corrected chi connectivity index (χ3v) is 5.44. The summed E-state index contributed by atoms with van der Waals surface area (Å²) in [7, 11) is 0. The maximum absolute atomic E-state index is 12.1. The van der Waals surface area contributed by atoms with Gasteiger partial charge >= 0.3 is 0 Å². The number of aromatic nitrogens is 5. The highest BCUT2D eigenvalue weighted by Crippen LogP contribution is 2.38. The van der Waals surface area contributed by atoms with Crippen LogP contribution in [0.2, 0.25) is 0 Å². The lowest BCUT2D eigenvalue weighted by Crippen LogP contribution is -2.07. The summed E-state index contributed by atoms with van der Waals surface area (Å²) < 4.78 is 2.69. The van der Waals surface area contributed by atoms with Gasteiger partial charge < -0.3 is 4.98 Å². The molecule has 0 radical (unpaired) electrons. The summed E-state index contributed by atoms with van der Waals surface area (Å²) in [5, 5.41) is 9.47. The minimum absolute atomic E-state index is 0.0769. The van der Waals surface area contributed by atoms with Crippen LogP contribution in [0.3, 0.4) is 0 Å². The zero-order valence-corrected chi connectivity index (χ0v) is 11.9. The van der Waals surface area contributed by atoms with Crippen LogP contribution in [0.5, 0.6) is 0 Å². The lowest BCUT2D eigenvalue weighted by Gasteiger charge is -2.17. The van der Waals surface area contributed by atoms with Gasteiger partial charge in [-0.25, -0.2) is 4.98 Å². The standard InChI is InChI=1S/C14H11N5OS/c20-13-11-10(15-5-16-13)9-7-3-1-2-4-8(7)12-18-17-6-19(12)14(9)21-11/h5-6H,1-4H2,(H,15,16,20). The van der Waals surface area contributed by atoms with E-state index in [4.69, 9.17) is 0 Å². The van der Waals surface area contributed by atoms with Crippen molar-refractivity contribution in [3.05, 3.63) is 34.1 Å². The Morgan fingerprint density at radius 1 is 1.24 bits per heavy atom. The normalized spacial score (nSPS) is 15.0. The van der Waals surface area contributed by atoms with E-state index < -0.39 is 0 Å². The summed E-state index contributed by atoms with van der Waals surface area (Å²) >= 11 is 1.47. The molecule has 0 fully saturated rings. The number of rotatable bonds is 0. The Bertz CT molecular complexity index is 1070. The van der Waals surface area contributed by atoms with Crippen molar-refractivity contribution < 1.29 is 0 Å². The number of aromatic amines is 1. The van der Waals surface area contributed by atoms with E-state index in [-0.39, 0.29) is 5.56 Å². The molecule has 4 aromatic rings. The number of fused-ring (bicyclic) bond motifs is 8. The molecule has 1 N–H and O–H groups in total. The van der Waals surface area contributed by atoms with Crippen LogP contribution in [-0.2, 0) is 12.8 Å². The first-order chi connectivity index (χ1) is 10.3. The van der Waals surface area contributed by atoms with Gasteiger partial charge in [-0.1, -0.05) is 0 Å². The monoisotopic (exact) mass is 297 g/mol. The van der Waals surface area contributed by atoms with Crippen molar-refractivity contribution >= 4 is 37.4 Å². The van der Waals surface area contributed by atoms with Crippen LogP contribution in [0.4, 0.5) is 0 Å². The molecule has 104 valence electrons. The molecule has 7 heteroatoms. The van der Waals surface area contributed by atoms with Gasteiger partial charge in [0.05, 0.1) is 11.8 Å². The highest BCUT2D eigenvalue weighted by molar-refractivity contribution is 7.25. The molecule has 0 spiro atoms. The highest BCUT2D eigenvalue weighted by atomic mass is 32.1. The van der Waals surface area contributed by atoms with Gasteiger partial charge in [-0.3, -0.25) is 9.20 Å². The van der Waals surface area contributed by atoms with Crippen molar-refractivity contribution in [3.63, 3.8) is 0 Å². The molecule has 21 heavy (non-hydrogen) atoms. The summed E-state index contributed by atoms with van der Waals surface area (Å²) in [5.41, 5.74) is 4.24. The predicted octanol–water partition coefficient (Wildman–Crippen LogP) is 2.06. The zero-order chi connectivity index (χ0) is 14.0. The number of aryl methyl sites for hydroxylation is 2. The largest absolute Gasteiger partial charge is 0.312 e. The lowest BCUT2D eigenvalue weighted by atomic mass is 9.90. The Kier molecular flexibility index (Phi) is 2.11. The van der Waals surface area contributed by atoms with Crippen LogP contribution in [0.15, 0.2) is 17.4 Å². The second-order valence-electron chi connectivity index (χ2n) is 5.38. The minimum atomic E-state index is -0.0769. The molecule has 0 saturated carbocycles. The molecule has 0 bridgehead atoms. The molecule has 0 unspecified atom stereocenters. The first-order valence-electron chi connectivity index (χ1n) is 6.98. The molecule has 4 heterocycles. The van der Waals surface area contributed by atoms with Gasteiger partial charge in [0.25, 0.3) is 5.56 Å². The van der Waals surface area contributed by atoms with Gasteiger partial charge in [0.1, 0.15) is 15.9 Å². The molecule has 0 amide bonds. The Balaban J connectivity index is 2.15. The number of nitrogens with one attached hydrogen (secondary N) is 1.